The van der Waals surface area contributed by atoms with Crippen molar-refractivity contribution in [3.63, 3.8) is 0 Å². The summed E-state index contributed by atoms with van der Waals surface area (Å²) < 4.78 is 13.5. The molecule has 5 heteroatoms. The minimum atomic E-state index is -0.922. The summed E-state index contributed by atoms with van der Waals surface area (Å²) in [6.45, 7) is 1.88. The Hall–Kier alpha value is -1.33. The molecule has 1 N–H and O–H groups in total. The zero-order chi connectivity index (χ0) is 12.9. The summed E-state index contributed by atoms with van der Waals surface area (Å²) in [6.07, 6.45) is 0. The van der Waals surface area contributed by atoms with Crippen LogP contribution in [-0.4, -0.2) is 11.1 Å². The van der Waals surface area contributed by atoms with Gasteiger partial charge in [0, 0.05) is 21.1 Å². The molecule has 92 valence electrons. The molecule has 18 heavy (non-hydrogen) atoms. The maximum absolute atomic E-state index is 13.5. The number of aromatic carboxylic acids is 1. The molecule has 0 bridgehead atoms. The van der Waals surface area contributed by atoms with Crippen molar-refractivity contribution >= 4 is 29.1 Å². The summed E-state index contributed by atoms with van der Waals surface area (Å²) in [5.41, 5.74) is 2.72. The van der Waals surface area contributed by atoms with Gasteiger partial charge in [-0.25, -0.2) is 9.18 Å². The predicted molar refractivity (Wildman–Crippen MR) is 71.0 cm³/mol. The van der Waals surface area contributed by atoms with Crippen LogP contribution in [0.5, 0.6) is 0 Å². The summed E-state index contributed by atoms with van der Waals surface area (Å²) in [6, 6.07) is 4.70. The highest BCUT2D eigenvalue weighted by Gasteiger charge is 2.23. The van der Waals surface area contributed by atoms with E-state index in [2.05, 4.69) is 0 Å². The summed E-state index contributed by atoms with van der Waals surface area (Å²) in [5, 5.41) is 9.02. The average Bonchev–Trinajstić information content (AvgIpc) is 2.72. The van der Waals surface area contributed by atoms with E-state index < -0.39 is 5.97 Å². The van der Waals surface area contributed by atoms with Crippen LogP contribution in [0.2, 0.25) is 0 Å². The van der Waals surface area contributed by atoms with Gasteiger partial charge < -0.3 is 5.11 Å². The van der Waals surface area contributed by atoms with Gasteiger partial charge in [0.2, 0.25) is 0 Å². The van der Waals surface area contributed by atoms with Gasteiger partial charge in [-0.1, -0.05) is 0 Å². The lowest BCUT2D eigenvalue weighted by Crippen LogP contribution is -1.95. The summed E-state index contributed by atoms with van der Waals surface area (Å²) in [7, 11) is 0. The molecule has 0 amide bonds. The van der Waals surface area contributed by atoms with Crippen LogP contribution in [0.15, 0.2) is 23.1 Å². The van der Waals surface area contributed by atoms with Crippen LogP contribution < -0.4 is 0 Å². The number of benzene rings is 1. The highest BCUT2D eigenvalue weighted by Crippen LogP contribution is 2.47. The van der Waals surface area contributed by atoms with Gasteiger partial charge in [-0.15, -0.1) is 23.1 Å². The van der Waals surface area contributed by atoms with Crippen molar-refractivity contribution < 1.29 is 14.3 Å². The van der Waals surface area contributed by atoms with Crippen LogP contribution in [0.4, 0.5) is 4.39 Å². The first-order chi connectivity index (χ1) is 8.56. The second kappa shape index (κ2) is 4.10. The number of hydrogen-bond donors (Lipinski definition) is 1. The number of thioether (sulfide) groups is 1. The Kier molecular flexibility index (Phi) is 2.68. The second-order valence-electron chi connectivity index (χ2n) is 4.16. The first kappa shape index (κ1) is 11.7. The van der Waals surface area contributed by atoms with Gasteiger partial charge >= 0.3 is 5.97 Å². The Morgan fingerprint density at radius 1 is 1.39 bits per heavy atom. The van der Waals surface area contributed by atoms with Crippen molar-refractivity contribution in [2.24, 2.45) is 0 Å². The van der Waals surface area contributed by atoms with E-state index in [0.29, 0.717) is 4.88 Å². The average molecular weight is 280 g/mol. The molecule has 0 aliphatic carbocycles. The van der Waals surface area contributed by atoms with Gasteiger partial charge in [0.15, 0.2) is 0 Å². The van der Waals surface area contributed by atoms with E-state index in [9.17, 15) is 9.18 Å². The van der Waals surface area contributed by atoms with Crippen molar-refractivity contribution in [3.8, 4) is 10.4 Å². The SMILES string of the molecule is Cc1cc(F)cc2c1SCc1cc(C(=O)O)sc1-2. The molecule has 2 aromatic rings. The van der Waals surface area contributed by atoms with Crippen molar-refractivity contribution in [2.45, 2.75) is 17.6 Å². The smallest absolute Gasteiger partial charge is 0.345 e. The molecule has 0 saturated heterocycles. The molecular weight excluding hydrogens is 271 g/mol. The largest absolute Gasteiger partial charge is 0.477 e. The van der Waals surface area contributed by atoms with E-state index in [4.69, 9.17) is 5.11 Å². The van der Waals surface area contributed by atoms with Crippen LogP contribution in [0.25, 0.3) is 10.4 Å². The first-order valence-electron chi connectivity index (χ1n) is 5.35. The van der Waals surface area contributed by atoms with E-state index in [0.717, 1.165) is 32.2 Å². The number of fused-ring (bicyclic) bond motifs is 3. The van der Waals surface area contributed by atoms with E-state index in [1.54, 1.807) is 17.8 Å². The van der Waals surface area contributed by atoms with Gasteiger partial charge in [-0.3, -0.25) is 0 Å². The minimum Gasteiger partial charge on any atom is -0.477 e. The molecule has 0 radical (unpaired) electrons. The number of carboxylic acids is 1. The Labute approximate surface area is 111 Å². The molecule has 2 heterocycles. The number of halogens is 1. The fourth-order valence-corrected chi connectivity index (χ4v) is 4.44. The second-order valence-corrected chi connectivity index (χ2v) is 6.20. The lowest BCUT2D eigenvalue weighted by atomic mass is 10.1. The molecule has 1 aliphatic rings. The van der Waals surface area contributed by atoms with Crippen molar-refractivity contribution in [2.75, 3.05) is 0 Å². The molecule has 0 spiro atoms. The Balaban J connectivity index is 2.24. The van der Waals surface area contributed by atoms with Crippen LogP contribution in [0.3, 0.4) is 0 Å². The van der Waals surface area contributed by atoms with Crippen LogP contribution in [0, 0.1) is 12.7 Å². The van der Waals surface area contributed by atoms with Crippen LogP contribution in [0.1, 0.15) is 20.8 Å². The van der Waals surface area contributed by atoms with Gasteiger partial charge in [0.1, 0.15) is 10.7 Å². The molecule has 1 aliphatic heterocycles. The predicted octanol–water partition coefficient (Wildman–Crippen LogP) is 4.17. The number of thiophene rings is 1. The summed E-state index contributed by atoms with van der Waals surface area (Å²) in [4.78, 5) is 13.3. The first-order valence-corrected chi connectivity index (χ1v) is 7.16. The molecule has 0 atom stereocenters. The standard InChI is InChI=1S/C13H9FO2S2/c1-6-2-8(14)4-9-11(6)17-5-7-3-10(13(15)16)18-12(7)9/h2-4H,5H2,1H3,(H,15,16). The maximum atomic E-state index is 13.5. The number of carboxylic acid groups (broad SMARTS) is 1. The lowest BCUT2D eigenvalue weighted by molar-refractivity contribution is 0.0702. The van der Waals surface area contributed by atoms with E-state index >= 15 is 0 Å². The number of hydrogen-bond acceptors (Lipinski definition) is 3. The fourth-order valence-electron chi connectivity index (χ4n) is 2.11. The summed E-state index contributed by atoms with van der Waals surface area (Å²) in [5.74, 6) is -0.447. The van der Waals surface area contributed by atoms with Gasteiger partial charge in [-0.05, 0) is 36.2 Å². The van der Waals surface area contributed by atoms with Gasteiger partial charge in [-0.2, -0.15) is 0 Å². The van der Waals surface area contributed by atoms with Crippen molar-refractivity contribution in [1.82, 2.24) is 0 Å². The van der Waals surface area contributed by atoms with E-state index in [1.807, 2.05) is 6.92 Å². The number of carbonyl (C=O) groups is 1. The number of aryl methyl sites for hydroxylation is 1. The highest BCUT2D eigenvalue weighted by molar-refractivity contribution is 7.98. The fraction of sp³-hybridized carbons (Fsp3) is 0.154. The van der Waals surface area contributed by atoms with E-state index in [1.165, 1.54) is 23.5 Å². The zero-order valence-corrected chi connectivity index (χ0v) is 11.1. The van der Waals surface area contributed by atoms with Crippen LogP contribution in [-0.2, 0) is 5.75 Å². The molecule has 3 rings (SSSR count). The van der Waals surface area contributed by atoms with Crippen LogP contribution >= 0.6 is 23.1 Å². The third-order valence-electron chi connectivity index (χ3n) is 2.88. The maximum Gasteiger partial charge on any atom is 0.345 e. The quantitative estimate of drug-likeness (QED) is 0.852. The molecule has 0 unspecified atom stereocenters. The van der Waals surface area contributed by atoms with E-state index in [-0.39, 0.29) is 5.82 Å². The van der Waals surface area contributed by atoms with Crippen molar-refractivity contribution in [1.29, 1.82) is 0 Å². The monoisotopic (exact) mass is 280 g/mol. The highest BCUT2D eigenvalue weighted by atomic mass is 32.2. The minimum absolute atomic E-state index is 0.273. The Bertz CT molecular complexity index is 661. The third kappa shape index (κ3) is 1.74. The topological polar surface area (TPSA) is 37.3 Å². The molecule has 2 nitrogen and oxygen atoms in total. The molecular formula is C13H9FO2S2. The summed E-state index contributed by atoms with van der Waals surface area (Å²) >= 11 is 2.86. The van der Waals surface area contributed by atoms with Gasteiger partial charge in [0.25, 0.3) is 0 Å². The zero-order valence-electron chi connectivity index (χ0n) is 9.49. The molecule has 0 saturated carbocycles. The molecule has 1 aromatic heterocycles. The molecule has 1 aromatic carbocycles. The number of rotatable bonds is 1. The Morgan fingerprint density at radius 2 is 2.17 bits per heavy atom. The third-order valence-corrected chi connectivity index (χ3v) is 5.36. The lowest BCUT2D eigenvalue weighted by Gasteiger charge is -2.17. The van der Waals surface area contributed by atoms with Gasteiger partial charge in [0.05, 0.1) is 0 Å². The molecule has 0 fully saturated rings. The Morgan fingerprint density at radius 3 is 2.89 bits per heavy atom. The normalized spacial score (nSPS) is 13.0. The van der Waals surface area contributed by atoms with Crippen molar-refractivity contribution in [3.05, 3.63) is 40.0 Å².